The Morgan fingerprint density at radius 2 is 2.12 bits per heavy atom. The van der Waals surface area contributed by atoms with E-state index in [1.54, 1.807) is 5.57 Å². The van der Waals surface area contributed by atoms with E-state index in [0.717, 1.165) is 6.42 Å². The van der Waals surface area contributed by atoms with Crippen molar-refractivity contribution in [3.05, 3.63) is 47.2 Å². The van der Waals surface area contributed by atoms with Gasteiger partial charge in [-0.15, -0.1) is 0 Å². The van der Waals surface area contributed by atoms with Crippen molar-refractivity contribution in [1.29, 1.82) is 0 Å². The van der Waals surface area contributed by atoms with E-state index in [4.69, 9.17) is 0 Å². The van der Waals surface area contributed by atoms with Crippen molar-refractivity contribution in [3.8, 4) is 0 Å². The highest BCUT2D eigenvalue weighted by molar-refractivity contribution is 5.28. The smallest absolute Gasteiger partial charge is 0.0107 e. The lowest BCUT2D eigenvalue weighted by Gasteiger charge is -2.27. The molecule has 92 valence electrons. The minimum Gasteiger partial charge on any atom is -0.391 e. The minimum atomic E-state index is 0.672. The van der Waals surface area contributed by atoms with E-state index < -0.39 is 0 Å². The van der Waals surface area contributed by atoms with Crippen LogP contribution in [-0.2, 0) is 0 Å². The zero-order valence-electron chi connectivity index (χ0n) is 11.2. The highest BCUT2D eigenvalue weighted by Crippen LogP contribution is 2.32. The molecule has 0 aromatic carbocycles. The second-order valence-corrected chi connectivity index (χ2v) is 5.18. The molecule has 0 radical (unpaired) electrons. The summed E-state index contributed by atoms with van der Waals surface area (Å²) in [5.74, 6) is 1.36. The predicted molar refractivity (Wildman–Crippen MR) is 74.6 cm³/mol. The van der Waals surface area contributed by atoms with Crippen molar-refractivity contribution in [1.82, 2.24) is 5.32 Å². The van der Waals surface area contributed by atoms with Gasteiger partial charge in [0.05, 0.1) is 0 Å². The largest absolute Gasteiger partial charge is 0.391 e. The Balaban J connectivity index is 2.02. The molecule has 0 saturated carbocycles. The molecule has 1 nitrogen and oxygen atoms in total. The van der Waals surface area contributed by atoms with Gasteiger partial charge in [-0.3, -0.25) is 0 Å². The average Bonchev–Trinajstić information content (AvgIpc) is 2.39. The monoisotopic (exact) mass is 229 g/mol. The maximum atomic E-state index is 3.24. The van der Waals surface area contributed by atoms with Gasteiger partial charge in [0.2, 0.25) is 0 Å². The van der Waals surface area contributed by atoms with Crippen molar-refractivity contribution in [2.75, 3.05) is 7.05 Å². The molecule has 0 aromatic rings. The van der Waals surface area contributed by atoms with Crippen molar-refractivity contribution in [2.24, 2.45) is 11.8 Å². The second kappa shape index (κ2) is 5.39. The van der Waals surface area contributed by atoms with Gasteiger partial charge >= 0.3 is 0 Å². The van der Waals surface area contributed by atoms with Crippen molar-refractivity contribution < 1.29 is 0 Å². The molecule has 2 unspecified atom stereocenters. The Morgan fingerprint density at radius 3 is 2.65 bits per heavy atom. The number of hydrogen-bond donors (Lipinski definition) is 1. The van der Waals surface area contributed by atoms with Crippen LogP contribution in [0.1, 0.15) is 33.1 Å². The van der Waals surface area contributed by atoms with Gasteiger partial charge in [0.15, 0.2) is 0 Å². The maximum absolute atomic E-state index is 3.24. The van der Waals surface area contributed by atoms with E-state index in [1.807, 2.05) is 7.05 Å². The summed E-state index contributed by atoms with van der Waals surface area (Å²) in [6.45, 7) is 4.55. The lowest BCUT2D eigenvalue weighted by Crippen LogP contribution is -2.16. The van der Waals surface area contributed by atoms with Gasteiger partial charge in [-0.05, 0) is 44.1 Å². The standard InChI is InChI=1S/C16H23N/c1-12-4-6-14(7-5-12)13(2)15-8-10-16(17-3)11-9-15/h4-6,8,10,13-14,17H,7,9,11H2,1-3H3. The molecule has 0 spiro atoms. The SMILES string of the molecule is CNC1=CC=C(C(C)C2C=CC(C)=CC2)CC1. The van der Waals surface area contributed by atoms with Gasteiger partial charge < -0.3 is 5.32 Å². The molecule has 0 aromatic heterocycles. The van der Waals surface area contributed by atoms with E-state index in [0.29, 0.717) is 11.8 Å². The predicted octanol–water partition coefficient (Wildman–Crippen LogP) is 3.97. The van der Waals surface area contributed by atoms with Crippen LogP contribution in [0.15, 0.2) is 47.2 Å². The maximum Gasteiger partial charge on any atom is 0.0107 e. The van der Waals surface area contributed by atoms with Crippen LogP contribution in [0, 0.1) is 11.8 Å². The molecule has 0 fully saturated rings. The van der Waals surface area contributed by atoms with Gasteiger partial charge in [0.1, 0.15) is 0 Å². The second-order valence-electron chi connectivity index (χ2n) is 5.18. The van der Waals surface area contributed by atoms with Gasteiger partial charge in [-0.1, -0.05) is 42.4 Å². The quantitative estimate of drug-likeness (QED) is 0.772. The Kier molecular flexibility index (Phi) is 3.88. The Morgan fingerprint density at radius 1 is 1.29 bits per heavy atom. The van der Waals surface area contributed by atoms with Crippen LogP contribution >= 0.6 is 0 Å². The summed E-state index contributed by atoms with van der Waals surface area (Å²) in [7, 11) is 2.01. The zero-order chi connectivity index (χ0) is 12.3. The molecule has 0 aliphatic heterocycles. The zero-order valence-corrected chi connectivity index (χ0v) is 11.2. The van der Waals surface area contributed by atoms with Crippen LogP contribution in [0.4, 0.5) is 0 Å². The number of rotatable bonds is 3. The number of allylic oxidation sites excluding steroid dienone is 8. The van der Waals surface area contributed by atoms with Gasteiger partial charge in [0, 0.05) is 12.7 Å². The molecule has 0 bridgehead atoms. The molecule has 0 amide bonds. The molecule has 0 saturated heterocycles. The summed E-state index contributed by atoms with van der Waals surface area (Å²) in [4.78, 5) is 0. The summed E-state index contributed by atoms with van der Waals surface area (Å²) >= 11 is 0. The van der Waals surface area contributed by atoms with Crippen molar-refractivity contribution in [2.45, 2.75) is 33.1 Å². The third kappa shape index (κ3) is 2.91. The Labute approximate surface area is 105 Å². The third-order valence-corrected chi connectivity index (χ3v) is 4.05. The van der Waals surface area contributed by atoms with Crippen LogP contribution in [0.25, 0.3) is 0 Å². The molecular weight excluding hydrogens is 206 g/mol. The van der Waals surface area contributed by atoms with E-state index >= 15 is 0 Å². The van der Waals surface area contributed by atoms with Crippen LogP contribution in [0.2, 0.25) is 0 Å². The number of nitrogens with one attached hydrogen (secondary N) is 1. The normalized spacial score (nSPS) is 25.8. The van der Waals surface area contributed by atoms with E-state index in [9.17, 15) is 0 Å². The Hall–Kier alpha value is -1.24. The Bertz CT molecular complexity index is 396. The molecule has 17 heavy (non-hydrogen) atoms. The molecule has 2 aliphatic rings. The first kappa shape index (κ1) is 12.2. The van der Waals surface area contributed by atoms with Crippen LogP contribution in [-0.4, -0.2) is 7.05 Å². The number of hydrogen-bond acceptors (Lipinski definition) is 1. The topological polar surface area (TPSA) is 12.0 Å². The van der Waals surface area contributed by atoms with E-state index in [1.165, 1.54) is 24.1 Å². The van der Waals surface area contributed by atoms with E-state index in [-0.39, 0.29) is 0 Å². The highest BCUT2D eigenvalue weighted by atomic mass is 14.8. The van der Waals surface area contributed by atoms with E-state index in [2.05, 4.69) is 49.5 Å². The first-order chi connectivity index (χ1) is 8.20. The summed E-state index contributed by atoms with van der Waals surface area (Å²) in [5, 5.41) is 3.24. The van der Waals surface area contributed by atoms with Crippen LogP contribution in [0.5, 0.6) is 0 Å². The average molecular weight is 229 g/mol. The minimum absolute atomic E-state index is 0.672. The first-order valence-electron chi connectivity index (χ1n) is 6.63. The molecule has 1 N–H and O–H groups in total. The highest BCUT2D eigenvalue weighted by Gasteiger charge is 2.20. The van der Waals surface area contributed by atoms with Crippen LogP contribution in [0.3, 0.4) is 0 Å². The van der Waals surface area contributed by atoms with Gasteiger partial charge in [0.25, 0.3) is 0 Å². The van der Waals surface area contributed by atoms with Gasteiger partial charge in [-0.2, -0.15) is 0 Å². The molecule has 2 aliphatic carbocycles. The molecule has 2 rings (SSSR count). The fourth-order valence-corrected chi connectivity index (χ4v) is 2.63. The van der Waals surface area contributed by atoms with Crippen molar-refractivity contribution >= 4 is 0 Å². The third-order valence-electron chi connectivity index (χ3n) is 4.05. The summed E-state index contributed by atoms with van der Waals surface area (Å²) in [5.41, 5.74) is 4.37. The van der Waals surface area contributed by atoms with Gasteiger partial charge in [-0.25, -0.2) is 0 Å². The molecule has 1 heteroatoms. The lowest BCUT2D eigenvalue weighted by molar-refractivity contribution is 0.472. The first-order valence-corrected chi connectivity index (χ1v) is 6.63. The van der Waals surface area contributed by atoms with Crippen LogP contribution < -0.4 is 5.32 Å². The summed E-state index contributed by atoms with van der Waals surface area (Å²) < 4.78 is 0. The lowest BCUT2D eigenvalue weighted by atomic mass is 9.79. The fraction of sp³-hybridized carbons (Fsp3) is 0.500. The van der Waals surface area contributed by atoms with Crippen molar-refractivity contribution in [3.63, 3.8) is 0 Å². The molecule has 0 heterocycles. The fourth-order valence-electron chi connectivity index (χ4n) is 2.63. The molecular formula is C16H23N. The summed E-state index contributed by atoms with van der Waals surface area (Å²) in [6.07, 6.45) is 15.1. The molecule has 2 atom stereocenters. The summed E-state index contributed by atoms with van der Waals surface area (Å²) in [6, 6.07) is 0.